The summed E-state index contributed by atoms with van der Waals surface area (Å²) in [7, 11) is 0. The summed E-state index contributed by atoms with van der Waals surface area (Å²) in [5.41, 5.74) is 0. The molecule has 1 atom stereocenters. The molecular weight excluding hydrogens is 120 g/mol. The van der Waals surface area contributed by atoms with Crippen molar-refractivity contribution in [1.29, 1.82) is 0 Å². The summed E-state index contributed by atoms with van der Waals surface area (Å²) in [6, 6.07) is 0. The predicted molar refractivity (Wildman–Crippen MR) is 39.3 cm³/mol. The molecule has 8 heavy (non-hydrogen) atoms. The highest BCUT2D eigenvalue weighted by Gasteiger charge is 1.87. The van der Waals surface area contributed by atoms with Crippen LogP contribution in [0.1, 0.15) is 20.3 Å². The van der Waals surface area contributed by atoms with E-state index in [0.717, 1.165) is 0 Å². The fourth-order valence-corrected chi connectivity index (χ4v) is 0.523. The van der Waals surface area contributed by atoms with Crippen LogP contribution in [-0.4, -0.2) is 5.88 Å². The van der Waals surface area contributed by atoms with Crippen molar-refractivity contribution in [1.82, 2.24) is 0 Å². The number of alkyl halides is 1. The van der Waals surface area contributed by atoms with Crippen LogP contribution in [0.4, 0.5) is 0 Å². The third kappa shape index (κ3) is 4.20. The highest BCUT2D eigenvalue weighted by atomic mass is 35.5. The fraction of sp³-hybridized carbons (Fsp3) is 0.714. The number of allylic oxidation sites excluding steroid dienone is 2. The molecule has 48 valence electrons. The smallest absolute Gasteiger partial charge is 0.0404 e. The zero-order valence-corrected chi connectivity index (χ0v) is 6.28. The van der Waals surface area contributed by atoms with E-state index in [2.05, 4.69) is 19.9 Å². The van der Waals surface area contributed by atoms with Crippen molar-refractivity contribution in [3.8, 4) is 0 Å². The van der Waals surface area contributed by atoms with Gasteiger partial charge in [-0.2, -0.15) is 0 Å². The molecule has 1 heteroatoms. The van der Waals surface area contributed by atoms with E-state index < -0.39 is 0 Å². The Morgan fingerprint density at radius 2 is 2.25 bits per heavy atom. The van der Waals surface area contributed by atoms with Gasteiger partial charge in [0, 0.05) is 5.88 Å². The van der Waals surface area contributed by atoms with Gasteiger partial charge in [-0.3, -0.25) is 0 Å². The van der Waals surface area contributed by atoms with Crippen LogP contribution in [0.5, 0.6) is 0 Å². The van der Waals surface area contributed by atoms with Gasteiger partial charge in [-0.25, -0.2) is 0 Å². The van der Waals surface area contributed by atoms with Crippen molar-refractivity contribution in [2.75, 3.05) is 5.88 Å². The van der Waals surface area contributed by atoms with E-state index in [9.17, 15) is 0 Å². The number of hydrogen-bond acceptors (Lipinski definition) is 0. The minimum atomic E-state index is 0.643. The molecule has 0 saturated carbocycles. The number of halogens is 1. The molecule has 0 aliphatic heterocycles. The lowest BCUT2D eigenvalue weighted by molar-refractivity contribution is 0.697. The van der Waals surface area contributed by atoms with Gasteiger partial charge in [0.2, 0.25) is 0 Å². The Hall–Kier alpha value is 0.0300. The quantitative estimate of drug-likeness (QED) is 0.409. The zero-order chi connectivity index (χ0) is 6.41. The van der Waals surface area contributed by atoms with Crippen LogP contribution >= 0.6 is 11.6 Å². The third-order valence-corrected chi connectivity index (χ3v) is 1.38. The summed E-state index contributed by atoms with van der Waals surface area (Å²) in [6.45, 7) is 4.35. The lowest BCUT2D eigenvalue weighted by Gasteiger charge is -1.96. The topological polar surface area (TPSA) is 0 Å². The molecule has 0 radical (unpaired) electrons. The Morgan fingerprint density at radius 1 is 1.62 bits per heavy atom. The lowest BCUT2D eigenvalue weighted by atomic mass is 10.1. The highest BCUT2D eigenvalue weighted by molar-refractivity contribution is 6.18. The van der Waals surface area contributed by atoms with Crippen molar-refractivity contribution < 1.29 is 0 Å². The summed E-state index contributed by atoms with van der Waals surface area (Å²) in [5, 5.41) is 0. The molecule has 0 aromatic heterocycles. The molecule has 0 aromatic carbocycles. The Labute approximate surface area is 56.5 Å². The number of rotatable bonds is 3. The molecule has 0 amide bonds. The van der Waals surface area contributed by atoms with E-state index in [-0.39, 0.29) is 0 Å². The second-order valence-corrected chi connectivity index (χ2v) is 2.28. The monoisotopic (exact) mass is 132 g/mol. The lowest BCUT2D eigenvalue weighted by Crippen LogP contribution is -1.83. The normalized spacial score (nSPS) is 14.9. The van der Waals surface area contributed by atoms with Crippen LogP contribution in [0, 0.1) is 5.92 Å². The maximum absolute atomic E-state index is 5.42. The standard InChI is InChI=1S/C7H13Cl/c1-3-7(2)5-4-6-8/h4-5,7H,3,6H2,1-2H3. The second-order valence-electron chi connectivity index (χ2n) is 1.97. The van der Waals surface area contributed by atoms with Crippen LogP contribution in [0.3, 0.4) is 0 Å². The first-order valence-electron chi connectivity index (χ1n) is 3.03. The van der Waals surface area contributed by atoms with Crippen LogP contribution in [0.15, 0.2) is 12.2 Å². The maximum atomic E-state index is 5.42. The summed E-state index contributed by atoms with van der Waals surface area (Å²) in [6.07, 6.45) is 5.34. The summed E-state index contributed by atoms with van der Waals surface area (Å²) in [4.78, 5) is 0. The largest absolute Gasteiger partial charge is 0.122 e. The average molecular weight is 133 g/mol. The van der Waals surface area contributed by atoms with Gasteiger partial charge in [0.25, 0.3) is 0 Å². The van der Waals surface area contributed by atoms with Gasteiger partial charge in [-0.1, -0.05) is 32.4 Å². The summed E-state index contributed by atoms with van der Waals surface area (Å²) in [5.74, 6) is 1.33. The molecule has 0 saturated heterocycles. The Bertz CT molecular complexity index is 66.8. The highest BCUT2D eigenvalue weighted by Crippen LogP contribution is 2.01. The Kier molecular flexibility index (Phi) is 5.19. The van der Waals surface area contributed by atoms with E-state index in [0.29, 0.717) is 11.8 Å². The van der Waals surface area contributed by atoms with E-state index in [4.69, 9.17) is 11.6 Å². The average Bonchev–Trinajstić information content (AvgIpc) is 1.83. The van der Waals surface area contributed by atoms with Crippen LogP contribution in [0.25, 0.3) is 0 Å². The van der Waals surface area contributed by atoms with Gasteiger partial charge in [-0.05, 0) is 5.92 Å². The molecule has 0 rings (SSSR count). The van der Waals surface area contributed by atoms with Gasteiger partial charge in [0.05, 0.1) is 0 Å². The molecule has 0 fully saturated rings. The predicted octanol–water partition coefficient (Wildman–Crippen LogP) is 2.83. The fourth-order valence-electron chi connectivity index (χ4n) is 0.420. The Balaban J connectivity index is 3.21. The van der Waals surface area contributed by atoms with Crippen LogP contribution in [0.2, 0.25) is 0 Å². The first-order valence-corrected chi connectivity index (χ1v) is 3.57. The van der Waals surface area contributed by atoms with Crippen molar-refractivity contribution >= 4 is 11.6 Å². The van der Waals surface area contributed by atoms with E-state index in [1.54, 1.807) is 0 Å². The minimum Gasteiger partial charge on any atom is -0.122 e. The first kappa shape index (κ1) is 8.03. The molecule has 0 bridgehead atoms. The molecule has 0 spiro atoms. The maximum Gasteiger partial charge on any atom is 0.0404 e. The Morgan fingerprint density at radius 3 is 2.62 bits per heavy atom. The zero-order valence-electron chi connectivity index (χ0n) is 5.52. The molecule has 0 aromatic rings. The van der Waals surface area contributed by atoms with Crippen molar-refractivity contribution in [2.24, 2.45) is 5.92 Å². The molecule has 0 heterocycles. The van der Waals surface area contributed by atoms with E-state index in [1.165, 1.54) is 6.42 Å². The third-order valence-electron chi connectivity index (χ3n) is 1.20. The second kappa shape index (κ2) is 5.17. The van der Waals surface area contributed by atoms with Gasteiger partial charge in [0.1, 0.15) is 0 Å². The summed E-state index contributed by atoms with van der Waals surface area (Å²) >= 11 is 5.42. The minimum absolute atomic E-state index is 0.643. The van der Waals surface area contributed by atoms with Crippen LogP contribution in [-0.2, 0) is 0 Å². The van der Waals surface area contributed by atoms with Crippen molar-refractivity contribution in [3.05, 3.63) is 12.2 Å². The molecule has 1 unspecified atom stereocenters. The first-order chi connectivity index (χ1) is 3.81. The van der Waals surface area contributed by atoms with E-state index in [1.807, 2.05) is 6.08 Å². The molecular formula is C7H13Cl. The van der Waals surface area contributed by atoms with Gasteiger partial charge in [-0.15, -0.1) is 11.6 Å². The molecule has 0 aliphatic rings. The van der Waals surface area contributed by atoms with Crippen LogP contribution < -0.4 is 0 Å². The SMILES string of the molecule is CCC(C)C=CCCl. The van der Waals surface area contributed by atoms with E-state index >= 15 is 0 Å². The van der Waals surface area contributed by atoms with Crippen molar-refractivity contribution in [3.63, 3.8) is 0 Å². The van der Waals surface area contributed by atoms with Crippen molar-refractivity contribution in [2.45, 2.75) is 20.3 Å². The number of hydrogen-bond donors (Lipinski definition) is 0. The van der Waals surface area contributed by atoms with Gasteiger partial charge in [0.15, 0.2) is 0 Å². The van der Waals surface area contributed by atoms with Gasteiger partial charge < -0.3 is 0 Å². The van der Waals surface area contributed by atoms with Gasteiger partial charge >= 0.3 is 0 Å². The molecule has 0 N–H and O–H groups in total. The summed E-state index contributed by atoms with van der Waals surface area (Å²) < 4.78 is 0. The molecule has 0 nitrogen and oxygen atoms in total. The molecule has 0 aliphatic carbocycles.